The predicted molar refractivity (Wildman–Crippen MR) is 55.8 cm³/mol. The van der Waals surface area contributed by atoms with Crippen LogP contribution < -0.4 is 4.74 Å². The summed E-state index contributed by atoms with van der Waals surface area (Å²) >= 11 is 0. The van der Waals surface area contributed by atoms with E-state index < -0.39 is 0 Å². The Morgan fingerprint density at radius 1 is 1.50 bits per heavy atom. The van der Waals surface area contributed by atoms with Crippen LogP contribution in [-0.4, -0.2) is 23.8 Å². The number of rotatable bonds is 1. The molecule has 0 bridgehead atoms. The maximum atomic E-state index is 11.6. The molecule has 0 aromatic heterocycles. The summed E-state index contributed by atoms with van der Waals surface area (Å²) in [6, 6.07) is 3.19. The van der Waals surface area contributed by atoms with Gasteiger partial charge < -0.3 is 14.6 Å². The molecule has 0 amide bonds. The number of phenolic OH excluding ortho intramolecular Hbond substituents is 1. The largest absolute Gasteiger partial charge is 0.507 e. The standard InChI is InChI=1S/C12H12O4/c1-6(13)10-8(14)2-3-9-11(10)7-4-5-15-12(7)16-9/h2-3,7,12,14H,4-5H2,1H3. The number of aromatic hydroxyl groups is 1. The summed E-state index contributed by atoms with van der Waals surface area (Å²) in [5, 5.41) is 9.75. The lowest BCUT2D eigenvalue weighted by Crippen LogP contribution is -2.14. The van der Waals surface area contributed by atoms with Crippen LogP contribution in [0.1, 0.15) is 35.2 Å². The summed E-state index contributed by atoms with van der Waals surface area (Å²) in [6.07, 6.45) is 0.552. The van der Waals surface area contributed by atoms with Gasteiger partial charge in [-0.05, 0) is 25.5 Å². The van der Waals surface area contributed by atoms with Gasteiger partial charge in [0, 0.05) is 5.56 Å². The van der Waals surface area contributed by atoms with E-state index in [2.05, 4.69) is 0 Å². The van der Waals surface area contributed by atoms with E-state index in [0.717, 1.165) is 12.0 Å². The second-order valence-corrected chi connectivity index (χ2v) is 4.18. The molecule has 2 atom stereocenters. The van der Waals surface area contributed by atoms with Crippen molar-refractivity contribution in [2.45, 2.75) is 25.6 Å². The zero-order valence-electron chi connectivity index (χ0n) is 8.90. The lowest BCUT2D eigenvalue weighted by Gasteiger charge is -2.09. The minimum absolute atomic E-state index is 0.0300. The molecule has 1 N–H and O–H groups in total. The Morgan fingerprint density at radius 3 is 3.06 bits per heavy atom. The first-order chi connectivity index (χ1) is 7.68. The van der Waals surface area contributed by atoms with E-state index in [0.29, 0.717) is 17.9 Å². The molecule has 4 nitrogen and oxygen atoms in total. The molecule has 0 saturated carbocycles. The van der Waals surface area contributed by atoms with Gasteiger partial charge in [-0.1, -0.05) is 0 Å². The Kier molecular flexibility index (Phi) is 1.94. The van der Waals surface area contributed by atoms with Gasteiger partial charge in [-0.3, -0.25) is 4.79 Å². The Labute approximate surface area is 92.8 Å². The van der Waals surface area contributed by atoms with Crippen molar-refractivity contribution in [3.8, 4) is 11.5 Å². The molecule has 2 aliphatic heterocycles. The van der Waals surface area contributed by atoms with Crippen molar-refractivity contribution in [2.75, 3.05) is 6.61 Å². The van der Waals surface area contributed by atoms with Crippen molar-refractivity contribution in [3.05, 3.63) is 23.3 Å². The van der Waals surface area contributed by atoms with Crippen molar-refractivity contribution in [2.24, 2.45) is 0 Å². The third-order valence-corrected chi connectivity index (χ3v) is 3.19. The van der Waals surface area contributed by atoms with E-state index in [-0.39, 0.29) is 23.7 Å². The second-order valence-electron chi connectivity index (χ2n) is 4.18. The summed E-state index contributed by atoms with van der Waals surface area (Å²) in [7, 11) is 0. The quantitative estimate of drug-likeness (QED) is 0.733. The van der Waals surface area contributed by atoms with Crippen LogP contribution in [0.5, 0.6) is 11.5 Å². The van der Waals surface area contributed by atoms with Crippen LogP contribution in [0.25, 0.3) is 0 Å². The van der Waals surface area contributed by atoms with E-state index in [1.165, 1.54) is 13.0 Å². The van der Waals surface area contributed by atoms with E-state index >= 15 is 0 Å². The molecule has 1 aromatic carbocycles. The molecule has 0 spiro atoms. The molecule has 0 aliphatic carbocycles. The summed E-state index contributed by atoms with van der Waals surface area (Å²) in [4.78, 5) is 11.6. The van der Waals surface area contributed by atoms with Crippen LogP contribution in [0, 0.1) is 0 Å². The van der Waals surface area contributed by atoms with Crippen molar-refractivity contribution in [1.29, 1.82) is 0 Å². The van der Waals surface area contributed by atoms with Crippen molar-refractivity contribution in [3.63, 3.8) is 0 Å². The normalized spacial score (nSPS) is 26.1. The van der Waals surface area contributed by atoms with Crippen molar-refractivity contribution in [1.82, 2.24) is 0 Å². The highest BCUT2D eigenvalue weighted by Crippen LogP contribution is 2.47. The topological polar surface area (TPSA) is 55.8 Å². The van der Waals surface area contributed by atoms with Crippen LogP contribution in [0.4, 0.5) is 0 Å². The number of carbonyl (C=O) groups is 1. The lowest BCUT2D eigenvalue weighted by molar-refractivity contribution is -0.0337. The van der Waals surface area contributed by atoms with Crippen LogP contribution in [-0.2, 0) is 4.74 Å². The highest BCUT2D eigenvalue weighted by molar-refractivity contribution is 5.99. The van der Waals surface area contributed by atoms with E-state index in [1.54, 1.807) is 6.07 Å². The predicted octanol–water partition coefficient (Wildman–Crippen LogP) is 1.82. The number of ether oxygens (including phenoxy) is 2. The van der Waals surface area contributed by atoms with E-state index in [4.69, 9.17) is 9.47 Å². The fourth-order valence-corrected chi connectivity index (χ4v) is 2.51. The molecular formula is C12H12O4. The monoisotopic (exact) mass is 220 g/mol. The average molecular weight is 220 g/mol. The smallest absolute Gasteiger partial charge is 0.207 e. The second kappa shape index (κ2) is 3.22. The Bertz CT molecular complexity index is 466. The van der Waals surface area contributed by atoms with Crippen LogP contribution in [0.2, 0.25) is 0 Å². The highest BCUT2D eigenvalue weighted by atomic mass is 16.7. The first-order valence-electron chi connectivity index (χ1n) is 5.33. The van der Waals surface area contributed by atoms with Gasteiger partial charge in [0.2, 0.25) is 6.29 Å². The summed E-state index contributed by atoms with van der Waals surface area (Å²) in [5.41, 5.74) is 1.20. The van der Waals surface area contributed by atoms with Gasteiger partial charge in [-0.25, -0.2) is 0 Å². The number of fused-ring (bicyclic) bond motifs is 3. The van der Waals surface area contributed by atoms with Crippen molar-refractivity contribution >= 4 is 5.78 Å². The lowest BCUT2D eigenvalue weighted by atomic mass is 9.91. The highest BCUT2D eigenvalue weighted by Gasteiger charge is 2.42. The number of ketones is 1. The van der Waals surface area contributed by atoms with Gasteiger partial charge in [0.05, 0.1) is 18.1 Å². The van der Waals surface area contributed by atoms with Gasteiger partial charge in [-0.15, -0.1) is 0 Å². The Hall–Kier alpha value is -1.55. The number of Topliss-reactive ketones (excluding diaryl/α,β-unsaturated/α-hetero) is 1. The fourth-order valence-electron chi connectivity index (χ4n) is 2.51. The first-order valence-corrected chi connectivity index (χ1v) is 5.33. The molecule has 1 saturated heterocycles. The molecule has 84 valence electrons. The average Bonchev–Trinajstić information content (AvgIpc) is 2.77. The fraction of sp³-hybridized carbons (Fsp3) is 0.417. The first kappa shape index (κ1) is 9.66. The van der Waals surface area contributed by atoms with Gasteiger partial charge in [0.1, 0.15) is 11.5 Å². The molecule has 2 aliphatic rings. The van der Waals surface area contributed by atoms with Crippen molar-refractivity contribution < 1.29 is 19.4 Å². The Morgan fingerprint density at radius 2 is 2.31 bits per heavy atom. The van der Waals surface area contributed by atoms with E-state index in [1.807, 2.05) is 0 Å². The Balaban J connectivity index is 2.20. The molecule has 2 unspecified atom stereocenters. The van der Waals surface area contributed by atoms with E-state index in [9.17, 15) is 9.90 Å². The van der Waals surface area contributed by atoms with Gasteiger partial charge in [-0.2, -0.15) is 0 Å². The number of phenols is 1. The third-order valence-electron chi connectivity index (χ3n) is 3.19. The van der Waals surface area contributed by atoms with Crippen LogP contribution >= 0.6 is 0 Å². The number of hydrogen-bond donors (Lipinski definition) is 1. The minimum Gasteiger partial charge on any atom is -0.507 e. The molecule has 1 aromatic rings. The minimum atomic E-state index is -0.283. The van der Waals surface area contributed by atoms with Crippen LogP contribution in [0.15, 0.2) is 12.1 Å². The van der Waals surface area contributed by atoms with Gasteiger partial charge in [0.15, 0.2) is 5.78 Å². The maximum absolute atomic E-state index is 11.6. The number of benzene rings is 1. The maximum Gasteiger partial charge on any atom is 0.207 e. The molecule has 0 radical (unpaired) electrons. The summed E-state index contributed by atoms with van der Waals surface area (Å²) in [5.74, 6) is 0.645. The zero-order chi connectivity index (χ0) is 11.3. The molecule has 3 rings (SSSR count). The van der Waals surface area contributed by atoms with Crippen LogP contribution in [0.3, 0.4) is 0 Å². The molecule has 1 fully saturated rings. The molecule has 16 heavy (non-hydrogen) atoms. The zero-order valence-corrected chi connectivity index (χ0v) is 8.90. The third kappa shape index (κ3) is 1.16. The number of hydrogen-bond acceptors (Lipinski definition) is 4. The molecule has 4 heteroatoms. The molecular weight excluding hydrogens is 208 g/mol. The van der Waals surface area contributed by atoms with Gasteiger partial charge >= 0.3 is 0 Å². The number of carbonyl (C=O) groups excluding carboxylic acids is 1. The molecule has 2 heterocycles. The summed E-state index contributed by atoms with van der Waals surface area (Å²) < 4.78 is 11.0. The SMILES string of the molecule is CC(=O)c1c(O)ccc2c1C1CCOC1O2. The summed E-state index contributed by atoms with van der Waals surface area (Å²) in [6.45, 7) is 2.10. The van der Waals surface area contributed by atoms with Gasteiger partial charge in [0.25, 0.3) is 0 Å².